The van der Waals surface area contributed by atoms with Crippen LogP contribution in [0.5, 0.6) is 0 Å². The molecule has 134 valence electrons. The second-order valence-corrected chi connectivity index (χ2v) is 6.36. The normalized spacial score (nSPS) is 12.2. The van der Waals surface area contributed by atoms with Gasteiger partial charge in [-0.1, -0.05) is 29.3 Å². The van der Waals surface area contributed by atoms with Gasteiger partial charge in [-0.15, -0.1) is 0 Å². The maximum Gasteiger partial charge on any atom is 0.230 e. The molecule has 24 heavy (non-hydrogen) atoms. The van der Waals surface area contributed by atoms with Crippen molar-refractivity contribution in [2.24, 2.45) is 0 Å². The number of aliphatic carboxylic acids is 1. The minimum atomic E-state index is -1.29. The molecular weight excluding hydrogens is 355 g/mol. The third kappa shape index (κ3) is 7.49. The van der Waals surface area contributed by atoms with Crippen molar-refractivity contribution in [2.45, 2.75) is 38.8 Å². The van der Waals surface area contributed by atoms with Crippen LogP contribution in [0.15, 0.2) is 18.2 Å². The third-order valence-electron chi connectivity index (χ3n) is 3.18. The largest absolute Gasteiger partial charge is 0.544 e. The highest BCUT2D eigenvalue weighted by Crippen LogP contribution is 2.29. The van der Waals surface area contributed by atoms with E-state index in [0.29, 0.717) is 30.3 Å². The van der Waals surface area contributed by atoms with E-state index in [9.17, 15) is 14.7 Å². The van der Waals surface area contributed by atoms with Crippen LogP contribution >= 0.6 is 23.2 Å². The molecule has 3 N–H and O–H groups in total. The molecule has 1 amide bonds. The molecule has 0 aromatic heterocycles. The molecule has 1 atom stereocenters. The molecule has 0 aliphatic carbocycles. The molecule has 0 aliphatic heterocycles. The molecule has 0 radical (unpaired) electrons. The summed E-state index contributed by atoms with van der Waals surface area (Å²) in [6.07, 6.45) is 0.593. The predicted octanol–water partition coefficient (Wildman–Crippen LogP) is 0.819. The van der Waals surface area contributed by atoms with Crippen LogP contribution in [-0.2, 0) is 14.3 Å². The Hall–Kier alpha value is -1.34. The fourth-order valence-corrected chi connectivity index (χ4v) is 2.33. The zero-order valence-corrected chi connectivity index (χ0v) is 15.2. The number of carboxylic acids is 1. The Morgan fingerprint density at radius 2 is 2.04 bits per heavy atom. The van der Waals surface area contributed by atoms with Crippen molar-refractivity contribution in [3.63, 3.8) is 0 Å². The number of hydrogen-bond acceptors (Lipinski definition) is 4. The molecule has 0 fully saturated rings. The molecule has 8 heteroatoms. The number of halogens is 2. The van der Waals surface area contributed by atoms with E-state index in [4.69, 9.17) is 27.9 Å². The highest BCUT2D eigenvalue weighted by Gasteiger charge is 2.19. The zero-order valence-electron chi connectivity index (χ0n) is 13.7. The van der Waals surface area contributed by atoms with Crippen molar-refractivity contribution in [1.29, 1.82) is 0 Å². The number of hydrogen-bond donors (Lipinski definition) is 2. The van der Waals surface area contributed by atoms with Crippen molar-refractivity contribution in [3.8, 4) is 0 Å². The van der Waals surface area contributed by atoms with Gasteiger partial charge < -0.3 is 25.3 Å². The Balaban J connectivity index is 2.48. The number of carboxylic acid groups (broad SMARTS) is 1. The van der Waals surface area contributed by atoms with E-state index < -0.39 is 17.9 Å². The average molecular weight is 377 g/mol. The van der Waals surface area contributed by atoms with E-state index in [1.807, 2.05) is 13.8 Å². The number of rotatable bonds is 10. The van der Waals surface area contributed by atoms with Gasteiger partial charge in [0.1, 0.15) is 6.04 Å². The number of quaternary nitrogens is 1. The van der Waals surface area contributed by atoms with E-state index in [-0.39, 0.29) is 17.5 Å². The van der Waals surface area contributed by atoms with Crippen molar-refractivity contribution < 1.29 is 24.7 Å². The molecule has 1 aromatic carbocycles. The smallest absolute Gasteiger partial charge is 0.230 e. The summed E-state index contributed by atoms with van der Waals surface area (Å²) in [7, 11) is 0. The standard InChI is InChI=1S/C16H22Cl2N2O4/c1-10(2)24-8-4-7-19-13(16(22)23)9-14(21)20-12-6-3-5-11(17)15(12)18/h3,5-6,10,13,19H,4,7-9H2,1-2H3,(H,20,21)(H,22,23)/t13-/m1/s1. The van der Waals surface area contributed by atoms with Crippen molar-refractivity contribution in [1.82, 2.24) is 0 Å². The number of benzene rings is 1. The molecule has 0 bridgehead atoms. The first-order valence-electron chi connectivity index (χ1n) is 7.71. The lowest BCUT2D eigenvalue weighted by Crippen LogP contribution is -2.93. The number of nitrogens with two attached hydrogens (primary N) is 1. The maximum atomic E-state index is 12.0. The molecule has 0 saturated heterocycles. The van der Waals surface area contributed by atoms with Crippen LogP contribution in [0.1, 0.15) is 26.7 Å². The summed E-state index contributed by atoms with van der Waals surface area (Å²) in [6, 6.07) is 3.85. The Morgan fingerprint density at radius 1 is 1.33 bits per heavy atom. The second kappa shape index (κ2) is 10.5. The van der Waals surface area contributed by atoms with E-state index in [0.717, 1.165) is 0 Å². The maximum absolute atomic E-state index is 12.0. The first-order chi connectivity index (χ1) is 11.3. The number of amides is 1. The predicted molar refractivity (Wildman–Crippen MR) is 91.0 cm³/mol. The number of carbonyl (C=O) groups excluding carboxylic acids is 2. The first-order valence-corrected chi connectivity index (χ1v) is 8.46. The van der Waals surface area contributed by atoms with Gasteiger partial charge >= 0.3 is 0 Å². The van der Waals surface area contributed by atoms with Gasteiger partial charge in [-0.25, -0.2) is 0 Å². The third-order valence-corrected chi connectivity index (χ3v) is 4.00. The second-order valence-electron chi connectivity index (χ2n) is 5.58. The SMILES string of the molecule is CC(C)OCCC[NH2+][C@H](CC(=O)Nc1cccc(Cl)c1Cl)C(=O)[O-]. The van der Waals surface area contributed by atoms with Gasteiger partial charge in [0.05, 0.1) is 47.4 Å². The van der Waals surface area contributed by atoms with Crippen LogP contribution in [0.25, 0.3) is 0 Å². The van der Waals surface area contributed by atoms with Crippen molar-refractivity contribution in [3.05, 3.63) is 28.2 Å². The number of carbonyl (C=O) groups is 2. The van der Waals surface area contributed by atoms with Gasteiger partial charge in [0.2, 0.25) is 5.91 Å². The molecule has 0 heterocycles. The zero-order chi connectivity index (χ0) is 18.1. The lowest BCUT2D eigenvalue weighted by atomic mass is 10.2. The number of nitrogens with one attached hydrogen (secondary N) is 1. The molecule has 0 aliphatic rings. The van der Waals surface area contributed by atoms with Crippen molar-refractivity contribution >= 4 is 40.8 Å². The minimum absolute atomic E-state index is 0.134. The molecular formula is C16H22Cl2N2O4. The quantitative estimate of drug-likeness (QED) is 0.591. The molecule has 0 unspecified atom stereocenters. The summed E-state index contributed by atoms with van der Waals surface area (Å²) in [6.45, 7) is 4.92. The topological polar surface area (TPSA) is 95.1 Å². The molecule has 1 rings (SSSR count). The fourth-order valence-electron chi connectivity index (χ4n) is 1.99. The average Bonchev–Trinajstić information content (AvgIpc) is 2.50. The summed E-state index contributed by atoms with van der Waals surface area (Å²) in [5.41, 5.74) is 0.344. The molecule has 6 nitrogen and oxygen atoms in total. The van der Waals surface area contributed by atoms with Crippen LogP contribution in [0.3, 0.4) is 0 Å². The highest BCUT2D eigenvalue weighted by molar-refractivity contribution is 6.43. The molecule has 0 saturated carbocycles. The van der Waals surface area contributed by atoms with Crippen LogP contribution in [0, 0.1) is 0 Å². The van der Waals surface area contributed by atoms with E-state index in [1.165, 1.54) is 0 Å². The monoisotopic (exact) mass is 376 g/mol. The number of ether oxygens (including phenoxy) is 1. The lowest BCUT2D eigenvalue weighted by molar-refractivity contribution is -0.682. The van der Waals surface area contributed by atoms with Gasteiger partial charge in [0.25, 0.3) is 0 Å². The van der Waals surface area contributed by atoms with Gasteiger partial charge in [0.15, 0.2) is 0 Å². The van der Waals surface area contributed by atoms with Gasteiger partial charge in [-0.05, 0) is 26.0 Å². The Bertz CT molecular complexity index is 567. The van der Waals surface area contributed by atoms with Gasteiger partial charge in [-0.2, -0.15) is 0 Å². The molecule has 0 spiro atoms. The van der Waals surface area contributed by atoms with Gasteiger partial charge in [0, 0.05) is 6.42 Å². The van der Waals surface area contributed by atoms with E-state index >= 15 is 0 Å². The Kier molecular flexibility index (Phi) is 9.07. The highest BCUT2D eigenvalue weighted by atomic mass is 35.5. The summed E-state index contributed by atoms with van der Waals surface area (Å²) in [5.74, 6) is -1.75. The van der Waals surface area contributed by atoms with Crippen LogP contribution < -0.4 is 15.7 Å². The summed E-state index contributed by atoms with van der Waals surface area (Å²) in [4.78, 5) is 23.2. The summed E-state index contributed by atoms with van der Waals surface area (Å²) in [5, 5.41) is 15.8. The van der Waals surface area contributed by atoms with Crippen LogP contribution in [0.4, 0.5) is 5.69 Å². The van der Waals surface area contributed by atoms with Crippen molar-refractivity contribution in [2.75, 3.05) is 18.5 Å². The van der Waals surface area contributed by atoms with Crippen LogP contribution in [-0.4, -0.2) is 37.2 Å². The van der Waals surface area contributed by atoms with Gasteiger partial charge in [-0.3, -0.25) is 4.79 Å². The Labute approximate surface area is 151 Å². The summed E-state index contributed by atoms with van der Waals surface area (Å²) >= 11 is 11.9. The minimum Gasteiger partial charge on any atom is -0.544 e. The van der Waals surface area contributed by atoms with E-state index in [1.54, 1.807) is 23.5 Å². The van der Waals surface area contributed by atoms with E-state index in [2.05, 4.69) is 5.32 Å². The fraction of sp³-hybridized carbons (Fsp3) is 0.500. The van der Waals surface area contributed by atoms with Crippen LogP contribution in [0.2, 0.25) is 10.0 Å². The molecule has 1 aromatic rings. The summed E-state index contributed by atoms with van der Waals surface area (Å²) < 4.78 is 5.38. The first kappa shape index (κ1) is 20.7. The Morgan fingerprint density at radius 3 is 2.67 bits per heavy atom. The lowest BCUT2D eigenvalue weighted by Gasteiger charge is -2.17. The number of anilines is 1.